The van der Waals surface area contributed by atoms with E-state index in [-0.39, 0.29) is 12.2 Å². The molecule has 2 aromatic carbocycles. The summed E-state index contributed by atoms with van der Waals surface area (Å²) in [6.07, 6.45) is -1.12. The largest absolute Gasteiger partial charge is 0.454 e. The number of carbonyl (C=O) groups excluding carboxylic acids is 3. The van der Waals surface area contributed by atoms with Crippen molar-refractivity contribution in [2.24, 2.45) is 5.73 Å². The standard InChI is InChI=1S/C21H23ClN2O4/c1-12-4-5-13(2)17(10-12)20(26)14(3)28-19(25)11-18(24-21(23)27)15-6-8-16(22)9-7-15/h4-10,14,18H,11H2,1-3H3,(H3,23,24,27)/t14-,18+/m0/s1. The zero-order valence-corrected chi connectivity index (χ0v) is 16.7. The summed E-state index contributed by atoms with van der Waals surface area (Å²) in [6, 6.07) is 10.7. The molecule has 2 rings (SSSR count). The summed E-state index contributed by atoms with van der Waals surface area (Å²) in [5.74, 6) is -0.902. The Bertz CT molecular complexity index is 880. The molecular weight excluding hydrogens is 380 g/mol. The van der Waals surface area contributed by atoms with Gasteiger partial charge in [-0.3, -0.25) is 9.59 Å². The van der Waals surface area contributed by atoms with E-state index in [0.29, 0.717) is 16.1 Å². The second-order valence-electron chi connectivity index (χ2n) is 6.63. The molecule has 6 nitrogen and oxygen atoms in total. The van der Waals surface area contributed by atoms with Crippen molar-refractivity contribution in [2.75, 3.05) is 0 Å². The molecule has 28 heavy (non-hydrogen) atoms. The number of primary amides is 1. The monoisotopic (exact) mass is 402 g/mol. The van der Waals surface area contributed by atoms with E-state index >= 15 is 0 Å². The van der Waals surface area contributed by atoms with Crippen LogP contribution in [-0.2, 0) is 9.53 Å². The Labute approximate surface area is 169 Å². The van der Waals surface area contributed by atoms with Crippen molar-refractivity contribution < 1.29 is 19.1 Å². The van der Waals surface area contributed by atoms with Crippen molar-refractivity contribution in [1.29, 1.82) is 0 Å². The van der Waals surface area contributed by atoms with Gasteiger partial charge in [0.15, 0.2) is 6.10 Å². The number of ether oxygens (including phenoxy) is 1. The molecule has 0 aromatic heterocycles. The SMILES string of the molecule is Cc1ccc(C)c(C(=O)[C@H](C)OC(=O)C[C@@H](NC(N)=O)c2ccc(Cl)cc2)c1. The predicted molar refractivity (Wildman–Crippen MR) is 107 cm³/mol. The highest BCUT2D eigenvalue weighted by molar-refractivity contribution is 6.30. The van der Waals surface area contributed by atoms with Crippen molar-refractivity contribution in [1.82, 2.24) is 5.32 Å². The van der Waals surface area contributed by atoms with Gasteiger partial charge >= 0.3 is 12.0 Å². The Balaban J connectivity index is 2.08. The van der Waals surface area contributed by atoms with E-state index in [1.54, 1.807) is 30.3 Å². The van der Waals surface area contributed by atoms with E-state index in [1.165, 1.54) is 6.92 Å². The molecule has 0 fully saturated rings. The minimum Gasteiger partial charge on any atom is -0.454 e. The molecule has 0 saturated carbocycles. The number of benzene rings is 2. The molecule has 0 radical (unpaired) electrons. The van der Waals surface area contributed by atoms with E-state index in [1.807, 2.05) is 26.0 Å². The second-order valence-corrected chi connectivity index (χ2v) is 7.07. The minimum atomic E-state index is -0.951. The molecule has 0 aliphatic carbocycles. The van der Waals surface area contributed by atoms with E-state index in [4.69, 9.17) is 22.1 Å². The van der Waals surface area contributed by atoms with Gasteiger partial charge in [-0.25, -0.2) is 4.79 Å². The van der Waals surface area contributed by atoms with Gasteiger partial charge in [-0.1, -0.05) is 41.4 Å². The van der Waals surface area contributed by atoms with Gasteiger partial charge in [-0.15, -0.1) is 0 Å². The van der Waals surface area contributed by atoms with Crippen LogP contribution < -0.4 is 11.1 Å². The van der Waals surface area contributed by atoms with Gasteiger partial charge in [-0.05, 0) is 50.1 Å². The summed E-state index contributed by atoms with van der Waals surface area (Å²) in [7, 11) is 0. The van der Waals surface area contributed by atoms with E-state index in [2.05, 4.69) is 5.32 Å². The fourth-order valence-corrected chi connectivity index (χ4v) is 2.93. The number of nitrogens with two attached hydrogens (primary N) is 1. The molecule has 0 unspecified atom stereocenters. The highest BCUT2D eigenvalue weighted by Gasteiger charge is 2.24. The van der Waals surface area contributed by atoms with Gasteiger partial charge in [0.2, 0.25) is 5.78 Å². The van der Waals surface area contributed by atoms with Crippen LogP contribution in [0.2, 0.25) is 5.02 Å². The van der Waals surface area contributed by atoms with Gasteiger partial charge in [-0.2, -0.15) is 0 Å². The van der Waals surface area contributed by atoms with Gasteiger partial charge in [0, 0.05) is 10.6 Å². The Kier molecular flexibility index (Phi) is 7.18. The van der Waals surface area contributed by atoms with Crippen LogP contribution in [0.5, 0.6) is 0 Å². The van der Waals surface area contributed by atoms with Gasteiger partial charge in [0.05, 0.1) is 12.5 Å². The third-order valence-corrected chi connectivity index (χ3v) is 4.55. The molecule has 2 atom stereocenters. The molecule has 7 heteroatoms. The summed E-state index contributed by atoms with van der Waals surface area (Å²) >= 11 is 5.87. The maximum absolute atomic E-state index is 12.6. The highest BCUT2D eigenvalue weighted by Crippen LogP contribution is 2.21. The number of ketones is 1. The lowest BCUT2D eigenvalue weighted by atomic mass is 9.99. The van der Waals surface area contributed by atoms with Crippen molar-refractivity contribution in [3.8, 4) is 0 Å². The predicted octanol–water partition coefficient (Wildman–Crippen LogP) is 3.87. The number of Topliss-reactive ketones (excluding diaryl/α,β-unsaturated/α-hetero) is 1. The van der Waals surface area contributed by atoms with Crippen molar-refractivity contribution in [3.05, 3.63) is 69.7 Å². The van der Waals surface area contributed by atoms with Crippen molar-refractivity contribution >= 4 is 29.4 Å². The zero-order chi connectivity index (χ0) is 20.8. The number of hydrogen-bond donors (Lipinski definition) is 2. The maximum Gasteiger partial charge on any atom is 0.312 e. The number of nitrogens with one attached hydrogen (secondary N) is 1. The molecule has 0 aliphatic heterocycles. The summed E-state index contributed by atoms with van der Waals surface area (Å²) in [6.45, 7) is 5.24. The number of urea groups is 1. The molecule has 3 N–H and O–H groups in total. The van der Waals surface area contributed by atoms with Crippen molar-refractivity contribution in [3.63, 3.8) is 0 Å². The van der Waals surface area contributed by atoms with Gasteiger partial charge in [0.1, 0.15) is 0 Å². The van der Waals surface area contributed by atoms with Crippen LogP contribution in [0.4, 0.5) is 4.79 Å². The molecule has 0 bridgehead atoms. The molecule has 2 amide bonds. The fraction of sp³-hybridized carbons (Fsp3) is 0.286. The average molecular weight is 403 g/mol. The lowest BCUT2D eigenvalue weighted by Gasteiger charge is -2.19. The molecule has 0 heterocycles. The number of rotatable bonds is 7. The first-order valence-corrected chi connectivity index (χ1v) is 9.17. The number of carbonyl (C=O) groups is 3. The first-order chi connectivity index (χ1) is 13.2. The Morgan fingerprint density at radius 1 is 1.11 bits per heavy atom. The number of aryl methyl sites for hydroxylation is 2. The summed E-state index contributed by atoms with van der Waals surface area (Å²) < 4.78 is 5.31. The molecule has 0 spiro atoms. The Morgan fingerprint density at radius 2 is 1.75 bits per heavy atom. The number of halogens is 1. The lowest BCUT2D eigenvalue weighted by Crippen LogP contribution is -2.35. The van der Waals surface area contributed by atoms with Crippen LogP contribution in [0, 0.1) is 13.8 Å². The molecule has 0 aliphatic rings. The lowest BCUT2D eigenvalue weighted by molar-refractivity contribution is -0.146. The van der Waals surface area contributed by atoms with Gasteiger partial charge in [0.25, 0.3) is 0 Å². The van der Waals surface area contributed by atoms with Crippen LogP contribution in [0.3, 0.4) is 0 Å². The summed E-state index contributed by atoms with van der Waals surface area (Å²) in [5, 5.41) is 3.03. The average Bonchev–Trinajstić information content (AvgIpc) is 2.62. The normalized spacial score (nSPS) is 12.7. The van der Waals surface area contributed by atoms with Crippen LogP contribution in [-0.4, -0.2) is 23.9 Å². The first kappa shape index (κ1) is 21.4. The Hall–Kier alpha value is -2.86. The summed E-state index contributed by atoms with van der Waals surface area (Å²) in [4.78, 5) is 36.3. The summed E-state index contributed by atoms with van der Waals surface area (Å²) in [5.41, 5.74) is 8.13. The fourth-order valence-electron chi connectivity index (χ4n) is 2.80. The quantitative estimate of drug-likeness (QED) is 0.542. The Morgan fingerprint density at radius 3 is 2.36 bits per heavy atom. The van der Waals surface area contributed by atoms with E-state index < -0.39 is 24.1 Å². The van der Waals surface area contributed by atoms with Crippen molar-refractivity contribution in [2.45, 2.75) is 39.3 Å². The topological polar surface area (TPSA) is 98.5 Å². The van der Waals surface area contributed by atoms with Crippen LogP contribution in [0.25, 0.3) is 0 Å². The third-order valence-electron chi connectivity index (χ3n) is 4.30. The first-order valence-electron chi connectivity index (χ1n) is 8.79. The number of esters is 1. The van der Waals surface area contributed by atoms with Gasteiger partial charge < -0.3 is 15.8 Å². The molecule has 2 aromatic rings. The van der Waals surface area contributed by atoms with Crippen LogP contribution >= 0.6 is 11.6 Å². The van der Waals surface area contributed by atoms with E-state index in [0.717, 1.165) is 11.1 Å². The highest BCUT2D eigenvalue weighted by atomic mass is 35.5. The van der Waals surface area contributed by atoms with Crippen LogP contribution in [0.15, 0.2) is 42.5 Å². The third kappa shape index (κ3) is 5.82. The minimum absolute atomic E-state index is 0.172. The maximum atomic E-state index is 12.6. The molecule has 148 valence electrons. The zero-order valence-electron chi connectivity index (χ0n) is 16.0. The molecule has 0 saturated heterocycles. The second kappa shape index (κ2) is 9.37. The molecular formula is C21H23ClN2O4. The number of hydrogen-bond acceptors (Lipinski definition) is 4. The van der Waals surface area contributed by atoms with Crippen LogP contribution in [0.1, 0.15) is 46.4 Å². The smallest absolute Gasteiger partial charge is 0.312 e. The number of amides is 2. The van der Waals surface area contributed by atoms with E-state index in [9.17, 15) is 14.4 Å².